The number of benzene rings is 1. The van der Waals surface area contributed by atoms with E-state index in [1.54, 1.807) is 51.1 Å². The molecule has 0 saturated heterocycles. The van der Waals surface area contributed by atoms with E-state index in [0.29, 0.717) is 5.56 Å². The number of carbonyl (C=O) groups excluding carboxylic acids is 3. The molecule has 2 aromatic rings. The Bertz CT molecular complexity index is 981. The number of nitrogens with zero attached hydrogens (tertiary/aromatic N) is 2. The van der Waals surface area contributed by atoms with E-state index in [4.69, 9.17) is 4.74 Å². The van der Waals surface area contributed by atoms with E-state index in [0.717, 1.165) is 10.9 Å². The maximum atomic E-state index is 13.3. The van der Waals surface area contributed by atoms with Crippen LogP contribution in [0.1, 0.15) is 48.5 Å². The maximum absolute atomic E-state index is 13.3. The van der Waals surface area contributed by atoms with Crippen molar-refractivity contribution < 1.29 is 32.3 Å². The minimum absolute atomic E-state index is 0.376. The number of amides is 2. The van der Waals surface area contributed by atoms with E-state index in [2.05, 4.69) is 15.7 Å². The van der Waals surface area contributed by atoms with Gasteiger partial charge in [0, 0.05) is 20.3 Å². The highest BCUT2D eigenvalue weighted by atomic mass is 19.4. The summed E-state index contributed by atoms with van der Waals surface area (Å²) in [7, 11) is 2.53. The molecular formula is C21H25F3N4O4. The molecule has 1 aromatic carbocycles. The summed E-state index contributed by atoms with van der Waals surface area (Å²) in [6, 6.07) is 6.62. The SMILES string of the molecule is CNC(=O)C(NC(=O)c1cn(C)nc1C(F)(F)F)C(OC(=O)C(C)(C)C)c1ccccc1. The van der Waals surface area contributed by atoms with Crippen LogP contribution in [0.2, 0.25) is 0 Å². The van der Waals surface area contributed by atoms with Crippen molar-refractivity contribution in [3.63, 3.8) is 0 Å². The molecule has 2 rings (SSSR count). The van der Waals surface area contributed by atoms with Gasteiger partial charge in [-0.05, 0) is 26.3 Å². The number of likely N-dealkylation sites (N-methyl/N-ethyl adjacent to an activating group) is 1. The molecule has 0 aliphatic rings. The number of halogens is 3. The van der Waals surface area contributed by atoms with Crippen molar-refractivity contribution in [1.29, 1.82) is 0 Å². The fourth-order valence-electron chi connectivity index (χ4n) is 2.78. The number of aryl methyl sites for hydroxylation is 1. The van der Waals surface area contributed by atoms with E-state index < -0.39 is 52.8 Å². The van der Waals surface area contributed by atoms with Crippen LogP contribution in [-0.2, 0) is 27.5 Å². The van der Waals surface area contributed by atoms with Gasteiger partial charge in [0.1, 0.15) is 6.04 Å². The van der Waals surface area contributed by atoms with E-state index in [9.17, 15) is 27.6 Å². The molecule has 0 saturated carbocycles. The van der Waals surface area contributed by atoms with Crippen molar-refractivity contribution in [2.24, 2.45) is 12.5 Å². The molecule has 11 heteroatoms. The van der Waals surface area contributed by atoms with Crippen molar-refractivity contribution in [3.05, 3.63) is 53.3 Å². The van der Waals surface area contributed by atoms with Crippen molar-refractivity contribution in [2.75, 3.05) is 7.05 Å². The third kappa shape index (κ3) is 5.86. The smallest absolute Gasteiger partial charge is 0.435 e. The van der Waals surface area contributed by atoms with Gasteiger partial charge in [0.15, 0.2) is 11.8 Å². The van der Waals surface area contributed by atoms with E-state index in [1.165, 1.54) is 14.1 Å². The average molecular weight is 454 g/mol. The van der Waals surface area contributed by atoms with E-state index in [1.807, 2.05) is 0 Å². The summed E-state index contributed by atoms with van der Waals surface area (Å²) in [6.07, 6.45) is -5.27. The van der Waals surface area contributed by atoms with Gasteiger partial charge in [0.25, 0.3) is 5.91 Å². The largest absolute Gasteiger partial charge is 0.454 e. The number of esters is 1. The molecule has 0 aliphatic carbocycles. The predicted molar refractivity (Wildman–Crippen MR) is 108 cm³/mol. The molecule has 2 unspecified atom stereocenters. The zero-order valence-electron chi connectivity index (χ0n) is 18.3. The molecule has 32 heavy (non-hydrogen) atoms. The first-order valence-electron chi connectivity index (χ1n) is 9.65. The highest BCUT2D eigenvalue weighted by molar-refractivity contribution is 5.98. The van der Waals surface area contributed by atoms with Gasteiger partial charge in [-0.2, -0.15) is 18.3 Å². The number of aromatic nitrogens is 2. The molecular weight excluding hydrogens is 429 g/mol. The molecule has 0 radical (unpaired) electrons. The summed E-state index contributed by atoms with van der Waals surface area (Å²) in [4.78, 5) is 38.0. The minimum Gasteiger partial charge on any atom is -0.454 e. The Hall–Kier alpha value is -3.37. The Morgan fingerprint density at radius 2 is 1.69 bits per heavy atom. The molecule has 0 aliphatic heterocycles. The van der Waals surface area contributed by atoms with E-state index >= 15 is 0 Å². The number of hydrogen-bond acceptors (Lipinski definition) is 5. The van der Waals surface area contributed by atoms with Gasteiger partial charge in [-0.25, -0.2) is 0 Å². The van der Waals surface area contributed by atoms with Crippen LogP contribution in [0.15, 0.2) is 36.5 Å². The second-order valence-corrected chi connectivity index (χ2v) is 8.11. The fourth-order valence-corrected chi connectivity index (χ4v) is 2.78. The second-order valence-electron chi connectivity index (χ2n) is 8.11. The normalized spacial score (nSPS) is 13.8. The van der Waals surface area contributed by atoms with Crippen LogP contribution in [0.5, 0.6) is 0 Å². The lowest BCUT2D eigenvalue weighted by Crippen LogP contribution is -2.51. The van der Waals surface area contributed by atoms with Gasteiger partial charge in [-0.15, -0.1) is 0 Å². The van der Waals surface area contributed by atoms with Gasteiger partial charge >= 0.3 is 12.1 Å². The average Bonchev–Trinajstić information content (AvgIpc) is 3.12. The lowest BCUT2D eigenvalue weighted by Gasteiger charge is -2.29. The quantitative estimate of drug-likeness (QED) is 0.654. The first kappa shape index (κ1) is 24.9. The van der Waals surface area contributed by atoms with Crippen LogP contribution < -0.4 is 10.6 Å². The summed E-state index contributed by atoms with van der Waals surface area (Å²) in [6.45, 7) is 4.82. The molecule has 174 valence electrons. The third-order valence-corrected chi connectivity index (χ3v) is 4.43. The number of rotatable bonds is 6. The van der Waals surface area contributed by atoms with Crippen molar-refractivity contribution >= 4 is 17.8 Å². The minimum atomic E-state index is -4.88. The van der Waals surface area contributed by atoms with Crippen molar-refractivity contribution in [2.45, 2.75) is 39.1 Å². The summed E-state index contributed by atoms with van der Waals surface area (Å²) < 4.78 is 46.3. The number of alkyl halides is 3. The summed E-state index contributed by atoms with van der Waals surface area (Å²) in [5.74, 6) is -2.61. The fraction of sp³-hybridized carbons (Fsp3) is 0.429. The lowest BCUT2D eigenvalue weighted by molar-refractivity contribution is -0.161. The molecule has 1 aromatic heterocycles. The highest BCUT2D eigenvalue weighted by Crippen LogP contribution is 2.31. The molecule has 0 fully saturated rings. The van der Waals surface area contributed by atoms with Gasteiger partial charge in [-0.3, -0.25) is 19.1 Å². The van der Waals surface area contributed by atoms with Crippen molar-refractivity contribution in [3.8, 4) is 0 Å². The Morgan fingerprint density at radius 3 is 2.19 bits per heavy atom. The summed E-state index contributed by atoms with van der Waals surface area (Å²) >= 11 is 0. The Morgan fingerprint density at radius 1 is 1.09 bits per heavy atom. The standard InChI is InChI=1S/C21H25F3N4O4/c1-20(2,3)19(31)32-15(12-9-7-6-8-10-12)14(18(30)25-4)26-17(29)13-11-28(5)27-16(13)21(22,23)24/h6-11,14-15H,1-5H3,(H,25,30)(H,26,29). The Labute approximate surface area is 183 Å². The number of ether oxygens (including phenoxy) is 1. The predicted octanol–water partition coefficient (Wildman–Crippen LogP) is 2.61. The van der Waals surface area contributed by atoms with Crippen LogP contribution in [0, 0.1) is 5.41 Å². The van der Waals surface area contributed by atoms with Gasteiger partial charge in [0.05, 0.1) is 11.0 Å². The molecule has 1 heterocycles. The van der Waals surface area contributed by atoms with Gasteiger partial charge in [0.2, 0.25) is 5.91 Å². The first-order chi connectivity index (χ1) is 14.8. The number of nitrogens with one attached hydrogen (secondary N) is 2. The molecule has 8 nitrogen and oxygen atoms in total. The summed E-state index contributed by atoms with van der Waals surface area (Å²) in [5.41, 5.74) is -2.71. The number of hydrogen-bond donors (Lipinski definition) is 2. The Kier molecular flexibility index (Phi) is 7.32. The third-order valence-electron chi connectivity index (χ3n) is 4.43. The number of carbonyl (C=O) groups is 3. The van der Waals surface area contributed by atoms with E-state index in [-0.39, 0.29) is 0 Å². The zero-order valence-corrected chi connectivity index (χ0v) is 18.3. The van der Waals surface area contributed by atoms with Crippen LogP contribution in [0.3, 0.4) is 0 Å². The second kappa shape index (κ2) is 9.41. The molecule has 0 bridgehead atoms. The summed E-state index contributed by atoms with van der Waals surface area (Å²) in [5, 5.41) is 7.93. The first-order valence-corrected chi connectivity index (χ1v) is 9.65. The lowest BCUT2D eigenvalue weighted by atomic mass is 9.96. The van der Waals surface area contributed by atoms with Crippen LogP contribution in [-0.4, -0.2) is 40.7 Å². The molecule has 2 N–H and O–H groups in total. The van der Waals surface area contributed by atoms with Gasteiger partial charge < -0.3 is 15.4 Å². The van der Waals surface area contributed by atoms with Crippen molar-refractivity contribution in [1.82, 2.24) is 20.4 Å². The Balaban J connectivity index is 2.49. The highest BCUT2D eigenvalue weighted by Gasteiger charge is 2.41. The molecule has 2 atom stereocenters. The van der Waals surface area contributed by atoms with Crippen LogP contribution >= 0.6 is 0 Å². The molecule has 0 spiro atoms. The zero-order chi connectivity index (χ0) is 24.3. The van der Waals surface area contributed by atoms with Crippen LogP contribution in [0.25, 0.3) is 0 Å². The molecule has 2 amide bonds. The topological polar surface area (TPSA) is 102 Å². The van der Waals surface area contributed by atoms with Gasteiger partial charge in [-0.1, -0.05) is 30.3 Å². The van der Waals surface area contributed by atoms with Crippen LogP contribution in [0.4, 0.5) is 13.2 Å². The maximum Gasteiger partial charge on any atom is 0.435 e. The monoisotopic (exact) mass is 454 g/mol.